The number of hydrogen-bond donors (Lipinski definition) is 3. The lowest BCUT2D eigenvalue weighted by Crippen LogP contribution is -2.38. The molecular formula is C16H21N3O2S. The molecule has 3 N–H and O–H groups in total. The van der Waals surface area contributed by atoms with Crippen LogP contribution in [-0.2, 0) is 13.0 Å². The van der Waals surface area contributed by atoms with Crippen LogP contribution in [0.25, 0.3) is 0 Å². The van der Waals surface area contributed by atoms with E-state index in [2.05, 4.69) is 15.6 Å². The van der Waals surface area contributed by atoms with Crippen molar-refractivity contribution >= 4 is 17.4 Å². The summed E-state index contributed by atoms with van der Waals surface area (Å²) in [5.41, 5.74) is 2.99. The van der Waals surface area contributed by atoms with Crippen LogP contribution < -0.4 is 10.6 Å². The number of hydrogen-bond acceptors (Lipinski definition) is 4. The first-order chi connectivity index (χ1) is 10.6. The first-order valence-electron chi connectivity index (χ1n) is 7.23. The second kappa shape index (κ2) is 7.91. The van der Waals surface area contributed by atoms with Crippen molar-refractivity contribution in [2.24, 2.45) is 0 Å². The Labute approximate surface area is 134 Å². The number of nitrogens with one attached hydrogen (secondary N) is 2. The van der Waals surface area contributed by atoms with E-state index in [0.717, 1.165) is 28.2 Å². The summed E-state index contributed by atoms with van der Waals surface area (Å²) in [6.45, 7) is 4.48. The van der Waals surface area contributed by atoms with Crippen molar-refractivity contribution < 1.29 is 9.90 Å². The highest BCUT2D eigenvalue weighted by atomic mass is 32.1. The Balaban J connectivity index is 1.73. The largest absolute Gasteiger partial charge is 0.392 e. The van der Waals surface area contributed by atoms with E-state index in [-0.39, 0.29) is 18.7 Å². The summed E-state index contributed by atoms with van der Waals surface area (Å²) in [6.07, 6.45) is 0.754. The molecule has 0 bridgehead atoms. The van der Waals surface area contributed by atoms with Crippen molar-refractivity contribution in [1.82, 2.24) is 15.6 Å². The molecule has 1 atom stereocenters. The van der Waals surface area contributed by atoms with Crippen LogP contribution in [0.2, 0.25) is 0 Å². The van der Waals surface area contributed by atoms with Crippen LogP contribution in [0, 0.1) is 6.92 Å². The van der Waals surface area contributed by atoms with Crippen LogP contribution in [0.3, 0.4) is 0 Å². The Morgan fingerprint density at radius 1 is 1.32 bits per heavy atom. The molecule has 6 heteroatoms. The SMILES string of the molecule is Cc1csc(C(C)NC(=O)NCCc2ccc(CO)cc2)n1. The molecule has 0 spiro atoms. The van der Waals surface area contributed by atoms with Gasteiger partial charge in [0.15, 0.2) is 0 Å². The highest BCUT2D eigenvalue weighted by Crippen LogP contribution is 2.17. The number of aliphatic hydroxyl groups excluding tert-OH is 1. The zero-order valence-electron chi connectivity index (χ0n) is 12.8. The van der Waals surface area contributed by atoms with Gasteiger partial charge in [0.2, 0.25) is 0 Å². The number of aliphatic hydroxyl groups is 1. The van der Waals surface area contributed by atoms with Crippen molar-refractivity contribution in [3.8, 4) is 0 Å². The maximum Gasteiger partial charge on any atom is 0.315 e. The molecule has 1 aromatic heterocycles. The highest BCUT2D eigenvalue weighted by Gasteiger charge is 2.11. The second-order valence-electron chi connectivity index (χ2n) is 5.17. The number of aryl methyl sites for hydroxylation is 1. The third-order valence-corrected chi connectivity index (χ3v) is 4.40. The molecule has 2 aromatic rings. The summed E-state index contributed by atoms with van der Waals surface area (Å²) in [5.74, 6) is 0. The summed E-state index contributed by atoms with van der Waals surface area (Å²) in [5, 5.41) is 17.6. The number of carbonyl (C=O) groups is 1. The van der Waals surface area contributed by atoms with Crippen molar-refractivity contribution in [2.75, 3.05) is 6.54 Å². The first kappa shape index (κ1) is 16.5. The molecule has 1 unspecified atom stereocenters. The van der Waals surface area contributed by atoms with Crippen LogP contribution in [0.15, 0.2) is 29.6 Å². The van der Waals surface area contributed by atoms with Crippen molar-refractivity contribution in [3.05, 3.63) is 51.5 Å². The van der Waals surface area contributed by atoms with Gasteiger partial charge in [-0.2, -0.15) is 0 Å². The van der Waals surface area contributed by atoms with Gasteiger partial charge in [-0.05, 0) is 31.4 Å². The summed E-state index contributed by atoms with van der Waals surface area (Å²) in [6, 6.07) is 7.43. The molecule has 118 valence electrons. The van der Waals surface area contributed by atoms with Crippen LogP contribution >= 0.6 is 11.3 Å². The van der Waals surface area contributed by atoms with Gasteiger partial charge in [-0.15, -0.1) is 11.3 Å². The molecule has 5 nitrogen and oxygen atoms in total. The minimum absolute atomic E-state index is 0.0506. The van der Waals surface area contributed by atoms with Gasteiger partial charge in [-0.3, -0.25) is 0 Å². The van der Waals surface area contributed by atoms with Gasteiger partial charge in [-0.1, -0.05) is 24.3 Å². The summed E-state index contributed by atoms with van der Waals surface area (Å²) < 4.78 is 0. The topological polar surface area (TPSA) is 74.2 Å². The fraction of sp³-hybridized carbons (Fsp3) is 0.375. The van der Waals surface area contributed by atoms with Crippen LogP contribution in [-0.4, -0.2) is 22.7 Å². The average Bonchev–Trinajstić information content (AvgIpc) is 2.94. The number of thiazole rings is 1. The van der Waals surface area contributed by atoms with Crippen molar-refractivity contribution in [2.45, 2.75) is 32.9 Å². The second-order valence-corrected chi connectivity index (χ2v) is 6.06. The Bertz CT molecular complexity index is 610. The summed E-state index contributed by atoms with van der Waals surface area (Å²) >= 11 is 1.55. The molecule has 2 rings (SSSR count). The van der Waals surface area contributed by atoms with Gasteiger partial charge < -0.3 is 15.7 Å². The predicted molar refractivity (Wildman–Crippen MR) is 87.9 cm³/mol. The predicted octanol–water partition coefficient (Wildman–Crippen LogP) is 2.55. The molecule has 0 fully saturated rings. The Morgan fingerprint density at radius 3 is 2.59 bits per heavy atom. The fourth-order valence-electron chi connectivity index (χ4n) is 2.01. The van der Waals surface area contributed by atoms with Crippen molar-refractivity contribution in [1.29, 1.82) is 0 Å². The summed E-state index contributed by atoms with van der Waals surface area (Å²) in [7, 11) is 0. The van der Waals surface area contributed by atoms with E-state index in [1.165, 1.54) is 0 Å². The Kier molecular flexibility index (Phi) is 5.91. The standard InChI is InChI=1S/C16H21N3O2S/c1-11-10-22-15(18-11)12(2)19-16(21)17-8-7-13-3-5-14(9-20)6-4-13/h3-6,10,12,20H,7-9H2,1-2H3,(H2,17,19,21). The minimum Gasteiger partial charge on any atom is -0.392 e. The van der Waals surface area contributed by atoms with E-state index in [4.69, 9.17) is 5.11 Å². The third-order valence-electron chi connectivity index (χ3n) is 3.26. The maximum atomic E-state index is 11.8. The quantitative estimate of drug-likeness (QED) is 0.766. The molecule has 0 aliphatic rings. The molecular weight excluding hydrogens is 298 g/mol. The third kappa shape index (κ3) is 4.82. The van der Waals surface area contributed by atoms with Gasteiger partial charge in [-0.25, -0.2) is 9.78 Å². The van der Waals surface area contributed by atoms with Crippen molar-refractivity contribution in [3.63, 3.8) is 0 Å². The number of nitrogens with zero attached hydrogens (tertiary/aromatic N) is 1. The van der Waals surface area contributed by atoms with Crippen LogP contribution in [0.4, 0.5) is 4.79 Å². The molecule has 0 radical (unpaired) electrons. The number of rotatable bonds is 6. The van der Waals surface area contributed by atoms with Gasteiger partial charge in [0.05, 0.1) is 12.6 Å². The van der Waals surface area contributed by atoms with Crippen LogP contribution in [0.5, 0.6) is 0 Å². The molecule has 0 aliphatic carbocycles. The molecule has 0 saturated carbocycles. The highest BCUT2D eigenvalue weighted by molar-refractivity contribution is 7.09. The van der Waals surface area contributed by atoms with E-state index >= 15 is 0 Å². The molecule has 2 amide bonds. The lowest BCUT2D eigenvalue weighted by atomic mass is 10.1. The smallest absolute Gasteiger partial charge is 0.315 e. The monoisotopic (exact) mass is 319 g/mol. The van der Waals surface area contributed by atoms with E-state index in [0.29, 0.717) is 6.54 Å². The average molecular weight is 319 g/mol. The van der Waals surface area contributed by atoms with E-state index in [9.17, 15) is 4.79 Å². The number of urea groups is 1. The molecule has 1 aromatic carbocycles. The van der Waals surface area contributed by atoms with E-state index < -0.39 is 0 Å². The zero-order valence-corrected chi connectivity index (χ0v) is 13.6. The van der Waals surface area contributed by atoms with Gasteiger partial charge in [0, 0.05) is 17.6 Å². The Hall–Kier alpha value is -1.92. The molecule has 0 saturated heterocycles. The van der Waals surface area contributed by atoms with E-state index in [1.807, 2.05) is 43.5 Å². The molecule has 0 aliphatic heterocycles. The maximum absolute atomic E-state index is 11.8. The van der Waals surface area contributed by atoms with E-state index in [1.54, 1.807) is 11.3 Å². The molecule has 22 heavy (non-hydrogen) atoms. The van der Waals surface area contributed by atoms with Gasteiger partial charge >= 0.3 is 6.03 Å². The number of aromatic nitrogens is 1. The number of carbonyl (C=O) groups excluding carboxylic acids is 1. The number of amides is 2. The zero-order chi connectivity index (χ0) is 15.9. The summed E-state index contributed by atoms with van der Waals surface area (Å²) in [4.78, 5) is 16.2. The molecule has 1 heterocycles. The van der Waals surface area contributed by atoms with Crippen LogP contribution in [0.1, 0.15) is 34.8 Å². The van der Waals surface area contributed by atoms with Gasteiger partial charge in [0.25, 0.3) is 0 Å². The lowest BCUT2D eigenvalue weighted by molar-refractivity contribution is 0.238. The lowest BCUT2D eigenvalue weighted by Gasteiger charge is -2.12. The Morgan fingerprint density at radius 2 is 2.00 bits per heavy atom. The first-order valence-corrected chi connectivity index (χ1v) is 8.11. The van der Waals surface area contributed by atoms with Gasteiger partial charge in [0.1, 0.15) is 5.01 Å². The number of benzene rings is 1. The minimum atomic E-state index is -0.188. The fourth-order valence-corrected chi connectivity index (χ4v) is 2.82. The normalized spacial score (nSPS) is 12.0.